The fourth-order valence-electron chi connectivity index (χ4n) is 3.30. The predicted molar refractivity (Wildman–Crippen MR) is 115 cm³/mol. The van der Waals surface area contributed by atoms with Gasteiger partial charge in [0, 0.05) is 43.7 Å². The molecule has 0 aliphatic carbocycles. The molecule has 3 N–H and O–H groups in total. The van der Waals surface area contributed by atoms with Crippen molar-refractivity contribution < 1.29 is 29.4 Å². The van der Waals surface area contributed by atoms with Crippen molar-refractivity contribution in [3.8, 4) is 5.75 Å². The average molecular weight is 453 g/mol. The maximum absolute atomic E-state index is 11.8. The maximum Gasteiger partial charge on any atom is 0.294 e. The van der Waals surface area contributed by atoms with Crippen molar-refractivity contribution >= 4 is 12.3 Å². The molecule has 0 radical (unpaired) electrons. The van der Waals surface area contributed by atoms with Gasteiger partial charge in [0.15, 0.2) is 0 Å². The average Bonchev–Trinajstić information content (AvgIpc) is 2.77. The van der Waals surface area contributed by atoms with Gasteiger partial charge in [0.05, 0.1) is 6.61 Å². The van der Waals surface area contributed by atoms with E-state index in [2.05, 4.69) is 15.5 Å². The number of aliphatic hydroxyl groups is 1. The highest BCUT2D eigenvalue weighted by molar-refractivity contribution is 5.75. The lowest BCUT2D eigenvalue weighted by atomic mass is 9.99. The van der Waals surface area contributed by atoms with E-state index in [9.17, 15) is 24.8 Å². The summed E-state index contributed by atoms with van der Waals surface area (Å²) in [6.45, 7) is 5.58. The maximum atomic E-state index is 11.8. The molecule has 1 aromatic carbocycles. The summed E-state index contributed by atoms with van der Waals surface area (Å²) in [6.07, 6.45) is 1.19. The van der Waals surface area contributed by atoms with Crippen molar-refractivity contribution in [2.45, 2.75) is 51.3 Å². The van der Waals surface area contributed by atoms with E-state index in [1.165, 1.54) is 0 Å². The molecule has 1 heterocycles. The highest BCUT2D eigenvalue weighted by Gasteiger charge is 2.21. The first-order chi connectivity index (χ1) is 15.2. The van der Waals surface area contributed by atoms with E-state index in [1.807, 2.05) is 32.0 Å². The predicted octanol–water partition coefficient (Wildman–Crippen LogP) is 0.414. The zero-order chi connectivity index (χ0) is 23.6. The Morgan fingerprint density at radius 1 is 1.44 bits per heavy atom. The third-order valence-electron chi connectivity index (χ3n) is 5.12. The summed E-state index contributed by atoms with van der Waals surface area (Å²) in [5, 5.41) is 25.5. The lowest BCUT2D eigenvalue weighted by Gasteiger charge is -2.29. The SMILES string of the molecule is CC(C)(CNC(=O)CCCO[N+](=O)[O-])NCC(O)COc1cccc2c1CCN(C=O)C2. The minimum absolute atomic E-state index is 0.111. The van der Waals surface area contributed by atoms with Gasteiger partial charge in [0.1, 0.15) is 18.5 Å². The number of rotatable bonds is 14. The standard InChI is InChI=1S/C21H32N4O7/c1-21(2,14-22-20(28)7-4-10-32-25(29)30)23-11-17(27)13-31-19-6-3-5-16-12-24(15-26)9-8-18(16)19/h3,5-6,15,17,23,27H,4,7-14H2,1-2H3,(H,22,28). The Morgan fingerprint density at radius 3 is 2.94 bits per heavy atom. The molecule has 2 rings (SSSR count). The van der Waals surface area contributed by atoms with Gasteiger partial charge < -0.3 is 30.2 Å². The first-order valence-corrected chi connectivity index (χ1v) is 10.6. The molecule has 0 saturated heterocycles. The van der Waals surface area contributed by atoms with Crippen LogP contribution in [0.5, 0.6) is 5.75 Å². The van der Waals surface area contributed by atoms with Gasteiger partial charge in [0.25, 0.3) is 5.09 Å². The number of carbonyl (C=O) groups excluding carboxylic acids is 2. The van der Waals surface area contributed by atoms with Crippen LogP contribution in [0.3, 0.4) is 0 Å². The van der Waals surface area contributed by atoms with Crippen LogP contribution >= 0.6 is 0 Å². The molecule has 0 aromatic heterocycles. The minimum atomic E-state index is -0.881. The molecule has 1 aliphatic heterocycles. The van der Waals surface area contributed by atoms with Crippen molar-refractivity contribution in [2.75, 3.05) is 32.8 Å². The number of amides is 2. The van der Waals surface area contributed by atoms with E-state index < -0.39 is 16.7 Å². The van der Waals surface area contributed by atoms with Gasteiger partial charge in [-0.25, -0.2) is 0 Å². The van der Waals surface area contributed by atoms with Crippen LogP contribution in [0.4, 0.5) is 0 Å². The molecule has 11 nitrogen and oxygen atoms in total. The van der Waals surface area contributed by atoms with Crippen molar-refractivity contribution in [1.82, 2.24) is 15.5 Å². The summed E-state index contributed by atoms with van der Waals surface area (Å²) >= 11 is 0. The van der Waals surface area contributed by atoms with Crippen LogP contribution in [0.1, 0.15) is 37.8 Å². The molecule has 1 atom stereocenters. The number of carbonyl (C=O) groups is 2. The number of hydrogen-bond acceptors (Lipinski definition) is 8. The lowest BCUT2D eigenvalue weighted by Crippen LogP contribution is -2.51. The van der Waals surface area contributed by atoms with Crippen LogP contribution < -0.4 is 15.4 Å². The first-order valence-electron chi connectivity index (χ1n) is 10.6. The zero-order valence-electron chi connectivity index (χ0n) is 18.5. The molecule has 2 amide bonds. The fourth-order valence-corrected chi connectivity index (χ4v) is 3.30. The van der Waals surface area contributed by atoms with E-state index in [0.29, 0.717) is 26.1 Å². The van der Waals surface area contributed by atoms with Crippen LogP contribution in [0.2, 0.25) is 0 Å². The largest absolute Gasteiger partial charge is 0.491 e. The van der Waals surface area contributed by atoms with E-state index >= 15 is 0 Å². The van der Waals surface area contributed by atoms with Crippen LogP contribution in [-0.4, -0.2) is 71.9 Å². The molecule has 0 saturated carbocycles. The Bertz CT molecular complexity index is 787. The Morgan fingerprint density at radius 2 is 2.22 bits per heavy atom. The normalized spacial score (nSPS) is 14.3. The Labute approximate surface area is 187 Å². The molecule has 0 bridgehead atoms. The second-order valence-corrected chi connectivity index (χ2v) is 8.39. The molecule has 0 fully saturated rings. The van der Waals surface area contributed by atoms with E-state index in [1.54, 1.807) is 4.90 Å². The van der Waals surface area contributed by atoms with Crippen molar-refractivity contribution in [3.05, 3.63) is 39.4 Å². The molecule has 1 aliphatic rings. The monoisotopic (exact) mass is 452 g/mol. The second-order valence-electron chi connectivity index (χ2n) is 8.39. The van der Waals surface area contributed by atoms with Gasteiger partial charge in [0.2, 0.25) is 12.3 Å². The van der Waals surface area contributed by atoms with Gasteiger partial charge in [-0.15, -0.1) is 10.1 Å². The summed E-state index contributed by atoms with van der Waals surface area (Å²) in [7, 11) is 0. The summed E-state index contributed by atoms with van der Waals surface area (Å²) in [5.41, 5.74) is 1.64. The Hall–Kier alpha value is -2.92. The highest BCUT2D eigenvalue weighted by Crippen LogP contribution is 2.27. The second kappa shape index (κ2) is 12.2. The number of fused-ring (bicyclic) bond motifs is 1. The van der Waals surface area contributed by atoms with Gasteiger partial charge in [-0.05, 0) is 38.3 Å². The summed E-state index contributed by atoms with van der Waals surface area (Å²) in [4.78, 5) is 38.8. The van der Waals surface area contributed by atoms with Crippen LogP contribution in [0, 0.1) is 10.1 Å². The Balaban J connectivity index is 1.70. The number of hydrogen-bond donors (Lipinski definition) is 3. The van der Waals surface area contributed by atoms with Crippen molar-refractivity contribution in [2.24, 2.45) is 0 Å². The van der Waals surface area contributed by atoms with Crippen LogP contribution in [0.15, 0.2) is 18.2 Å². The van der Waals surface area contributed by atoms with Gasteiger partial charge in [-0.3, -0.25) is 9.59 Å². The fraction of sp³-hybridized carbons (Fsp3) is 0.619. The minimum Gasteiger partial charge on any atom is -0.491 e. The third-order valence-corrected chi connectivity index (χ3v) is 5.12. The number of nitrogens with one attached hydrogen (secondary N) is 2. The molecule has 1 unspecified atom stereocenters. The Kier molecular flexibility index (Phi) is 9.66. The number of nitrogens with zero attached hydrogens (tertiary/aromatic N) is 2. The summed E-state index contributed by atoms with van der Waals surface area (Å²) < 4.78 is 5.84. The molecule has 1 aromatic rings. The topological polar surface area (TPSA) is 143 Å². The number of benzene rings is 1. The smallest absolute Gasteiger partial charge is 0.294 e. The van der Waals surface area contributed by atoms with Gasteiger partial charge in [-0.1, -0.05) is 12.1 Å². The molecular weight excluding hydrogens is 420 g/mol. The lowest BCUT2D eigenvalue weighted by molar-refractivity contribution is -0.757. The molecule has 0 spiro atoms. The molecule has 32 heavy (non-hydrogen) atoms. The summed E-state index contributed by atoms with van der Waals surface area (Å²) in [6, 6.07) is 5.72. The van der Waals surface area contributed by atoms with Gasteiger partial charge in [-0.2, -0.15) is 0 Å². The summed E-state index contributed by atoms with van der Waals surface area (Å²) in [5.74, 6) is 0.498. The zero-order valence-corrected chi connectivity index (χ0v) is 18.5. The first kappa shape index (κ1) is 25.3. The van der Waals surface area contributed by atoms with Gasteiger partial charge >= 0.3 is 0 Å². The van der Waals surface area contributed by atoms with Crippen LogP contribution in [-0.2, 0) is 27.4 Å². The molecule has 178 valence electrons. The van der Waals surface area contributed by atoms with Crippen molar-refractivity contribution in [3.63, 3.8) is 0 Å². The van der Waals surface area contributed by atoms with Crippen LogP contribution in [0.25, 0.3) is 0 Å². The number of ether oxygens (including phenoxy) is 1. The van der Waals surface area contributed by atoms with Crippen molar-refractivity contribution in [1.29, 1.82) is 0 Å². The van der Waals surface area contributed by atoms with E-state index in [-0.39, 0.29) is 38.5 Å². The molecule has 11 heteroatoms. The number of β-amino-alcohol motifs (C(OH)–C–C–N with tert-alkyl or cyclic N) is 1. The number of aliphatic hydroxyl groups excluding tert-OH is 1. The third kappa shape index (κ3) is 8.67. The molecular formula is C21H32N4O7. The quantitative estimate of drug-likeness (QED) is 0.159. The van der Waals surface area contributed by atoms with E-state index in [0.717, 1.165) is 23.3 Å². The highest BCUT2D eigenvalue weighted by atomic mass is 16.9. The van der Waals surface area contributed by atoms with E-state index in [4.69, 9.17) is 4.74 Å².